The number of nitrogens with zero attached hydrogens (tertiary/aromatic N) is 3. The van der Waals surface area contributed by atoms with Crippen molar-refractivity contribution >= 4 is 67.2 Å². The zero-order chi connectivity index (χ0) is 23.1. The number of thioether (sulfide) groups is 1. The maximum atomic E-state index is 13.4. The van der Waals surface area contributed by atoms with Crippen LogP contribution in [-0.4, -0.2) is 11.6 Å². The van der Waals surface area contributed by atoms with Crippen molar-refractivity contribution in [1.29, 1.82) is 0 Å². The van der Waals surface area contributed by atoms with E-state index in [4.69, 9.17) is 0 Å². The minimum absolute atomic E-state index is 0.0848. The predicted octanol–water partition coefficient (Wildman–Crippen LogP) is 4.53. The number of hydrogen-bond donors (Lipinski definition) is 0. The molecular weight excluding hydrogens is 534 g/mol. The molecule has 0 saturated carbocycles. The standard InChI is InChI=1S/C25H23BrN3OS3/c1-4-29-22(14-21-28(11-12-31-21)15-17-7-5-6-8-18(17)26)33-23(24(29)30)25-27(3)19-13-16(2)9-10-20(19)32-25/h5-14H,4,15H2,1-3H3/q+1/b25-23+. The van der Waals surface area contributed by atoms with E-state index in [0.29, 0.717) is 6.54 Å². The van der Waals surface area contributed by atoms with Crippen molar-refractivity contribution in [3.63, 3.8) is 0 Å². The smallest absolute Gasteiger partial charge is 0.271 e. The van der Waals surface area contributed by atoms with Gasteiger partial charge in [-0.25, -0.2) is 0 Å². The summed E-state index contributed by atoms with van der Waals surface area (Å²) in [6.45, 7) is 5.55. The lowest BCUT2D eigenvalue weighted by atomic mass is 10.2. The predicted molar refractivity (Wildman–Crippen MR) is 144 cm³/mol. The van der Waals surface area contributed by atoms with Crippen molar-refractivity contribution in [3.8, 4) is 0 Å². The molecule has 0 radical (unpaired) electrons. The molecule has 4 nitrogen and oxygen atoms in total. The second-order valence-corrected chi connectivity index (χ2v) is 11.7. The Morgan fingerprint density at radius 1 is 1.18 bits per heavy atom. The van der Waals surface area contributed by atoms with Crippen molar-refractivity contribution in [2.24, 2.45) is 0 Å². The summed E-state index contributed by atoms with van der Waals surface area (Å²) in [5.41, 5.74) is 3.70. The van der Waals surface area contributed by atoms with Gasteiger partial charge in [-0.3, -0.25) is 9.36 Å². The Hall–Kier alpha value is -2.13. The third-order valence-electron chi connectivity index (χ3n) is 5.67. The Kier molecular flexibility index (Phi) is 6.35. The van der Waals surface area contributed by atoms with Crippen LogP contribution in [0.5, 0.6) is 0 Å². The third kappa shape index (κ3) is 4.25. The first-order valence-corrected chi connectivity index (χ1v) is 13.9. The summed E-state index contributed by atoms with van der Waals surface area (Å²) in [5, 5.41) is 4.23. The molecule has 33 heavy (non-hydrogen) atoms. The lowest BCUT2D eigenvalue weighted by Crippen LogP contribution is -2.36. The SMILES string of the molecule is CCn1c(=O)/c(=C2\Sc3ccc(C)cc3N2C)s/c1=C\c1scc[n+]1Cc1ccccc1Br. The van der Waals surface area contributed by atoms with Gasteiger partial charge in [-0.05, 0) is 37.6 Å². The highest BCUT2D eigenvalue weighted by Crippen LogP contribution is 2.45. The van der Waals surface area contributed by atoms with Crippen LogP contribution in [0.25, 0.3) is 11.1 Å². The lowest BCUT2D eigenvalue weighted by molar-refractivity contribution is -0.685. The zero-order valence-electron chi connectivity index (χ0n) is 18.5. The molecule has 2 aromatic carbocycles. The Bertz CT molecular complexity index is 1530. The van der Waals surface area contributed by atoms with Gasteiger partial charge in [0.05, 0.1) is 17.1 Å². The van der Waals surface area contributed by atoms with Crippen molar-refractivity contribution in [2.75, 3.05) is 11.9 Å². The van der Waals surface area contributed by atoms with Crippen molar-refractivity contribution in [2.45, 2.75) is 31.8 Å². The zero-order valence-corrected chi connectivity index (χ0v) is 22.6. The molecule has 0 aliphatic carbocycles. The Balaban J connectivity index is 1.61. The molecule has 0 unspecified atom stereocenters. The molecule has 4 aromatic rings. The second kappa shape index (κ2) is 9.25. The molecule has 5 rings (SSSR count). The third-order valence-corrected chi connectivity index (χ3v) is 9.78. The Morgan fingerprint density at radius 3 is 2.79 bits per heavy atom. The van der Waals surface area contributed by atoms with Crippen LogP contribution in [-0.2, 0) is 13.1 Å². The van der Waals surface area contributed by atoms with Crippen molar-refractivity contribution < 1.29 is 4.57 Å². The van der Waals surface area contributed by atoms with E-state index in [-0.39, 0.29) is 5.56 Å². The van der Waals surface area contributed by atoms with E-state index in [1.54, 1.807) is 34.4 Å². The molecule has 8 heteroatoms. The molecule has 0 bridgehead atoms. The number of thiazole rings is 2. The first kappa shape index (κ1) is 22.7. The highest BCUT2D eigenvalue weighted by Gasteiger charge is 2.25. The molecule has 0 fully saturated rings. The van der Waals surface area contributed by atoms with Gasteiger partial charge in [0, 0.05) is 28.5 Å². The van der Waals surface area contributed by atoms with Crippen LogP contribution in [0.15, 0.2) is 68.2 Å². The number of aromatic nitrogens is 2. The second-order valence-electron chi connectivity index (χ2n) is 7.86. The van der Waals surface area contributed by atoms with Gasteiger partial charge in [0.25, 0.3) is 10.6 Å². The largest absolute Gasteiger partial charge is 0.337 e. The fraction of sp³-hybridized carbons (Fsp3) is 0.200. The maximum absolute atomic E-state index is 13.4. The van der Waals surface area contributed by atoms with Crippen molar-refractivity contribution in [1.82, 2.24) is 4.57 Å². The summed E-state index contributed by atoms with van der Waals surface area (Å²) >= 11 is 8.61. The van der Waals surface area contributed by atoms with Gasteiger partial charge in [0.1, 0.15) is 14.2 Å². The Morgan fingerprint density at radius 2 is 2.00 bits per heavy atom. The van der Waals surface area contributed by atoms with E-state index in [0.717, 1.165) is 30.2 Å². The Labute approximate surface area is 213 Å². The summed E-state index contributed by atoms with van der Waals surface area (Å²) in [7, 11) is 2.05. The van der Waals surface area contributed by atoms with Crippen LogP contribution in [0, 0.1) is 6.92 Å². The highest BCUT2D eigenvalue weighted by molar-refractivity contribution is 9.10. The van der Waals surface area contributed by atoms with E-state index < -0.39 is 0 Å². The normalized spacial score (nSPS) is 15.4. The number of anilines is 1. The van der Waals surface area contributed by atoms with E-state index in [1.165, 1.54) is 21.7 Å². The summed E-state index contributed by atoms with van der Waals surface area (Å²) in [6.07, 6.45) is 4.26. The van der Waals surface area contributed by atoms with Gasteiger partial charge in [0.2, 0.25) is 0 Å². The molecule has 1 aliphatic heterocycles. The molecule has 0 atom stereocenters. The van der Waals surface area contributed by atoms with Crippen LogP contribution in [0.2, 0.25) is 0 Å². The minimum atomic E-state index is 0.0848. The number of aryl methyl sites for hydroxylation is 1. The van der Waals surface area contributed by atoms with Crippen LogP contribution < -0.4 is 24.2 Å². The van der Waals surface area contributed by atoms with Gasteiger partial charge in [-0.15, -0.1) is 11.3 Å². The fourth-order valence-corrected chi connectivity index (χ4v) is 7.61. The molecule has 1 aliphatic rings. The monoisotopic (exact) mass is 556 g/mol. The van der Waals surface area contributed by atoms with Crippen molar-refractivity contribution in [3.05, 3.63) is 94.2 Å². The molecule has 2 aromatic heterocycles. The average Bonchev–Trinajstić information content (AvgIpc) is 3.46. The molecule has 0 N–H and O–H groups in total. The van der Waals surface area contributed by atoms with Gasteiger partial charge < -0.3 is 4.90 Å². The van der Waals surface area contributed by atoms with Gasteiger partial charge in [-0.2, -0.15) is 4.57 Å². The number of benzene rings is 2. The number of fused-ring (bicyclic) bond motifs is 1. The van der Waals surface area contributed by atoms with E-state index in [1.807, 2.05) is 17.6 Å². The summed E-state index contributed by atoms with van der Waals surface area (Å²) < 4.78 is 7.01. The number of hydrogen-bond acceptors (Lipinski definition) is 5. The quantitative estimate of drug-likeness (QED) is 0.346. The van der Waals surface area contributed by atoms with Gasteiger partial charge in [-0.1, -0.05) is 63.3 Å². The summed E-state index contributed by atoms with van der Waals surface area (Å²) in [6, 6.07) is 14.7. The fourth-order valence-electron chi connectivity index (χ4n) is 3.90. The van der Waals surface area contributed by atoms with Crippen LogP contribution in [0.3, 0.4) is 0 Å². The minimum Gasteiger partial charge on any atom is -0.337 e. The van der Waals surface area contributed by atoms with Crippen LogP contribution >= 0.6 is 50.4 Å². The first-order valence-electron chi connectivity index (χ1n) is 10.6. The molecule has 0 amide bonds. The van der Waals surface area contributed by atoms with Gasteiger partial charge in [0.15, 0.2) is 12.7 Å². The van der Waals surface area contributed by atoms with E-state index in [2.05, 4.69) is 93.4 Å². The molecule has 0 spiro atoms. The van der Waals surface area contributed by atoms with Gasteiger partial charge >= 0.3 is 0 Å². The van der Waals surface area contributed by atoms with Crippen LogP contribution in [0.1, 0.15) is 23.1 Å². The number of rotatable bonds is 4. The topological polar surface area (TPSA) is 29.1 Å². The number of halogens is 1. The molecule has 168 valence electrons. The van der Waals surface area contributed by atoms with Crippen LogP contribution in [0.4, 0.5) is 5.69 Å². The first-order chi connectivity index (χ1) is 16.0. The molecular formula is C25H23BrN3OS3+. The molecule has 3 heterocycles. The summed E-state index contributed by atoms with van der Waals surface area (Å²) in [5.74, 6) is 0. The maximum Gasteiger partial charge on any atom is 0.271 e. The summed E-state index contributed by atoms with van der Waals surface area (Å²) in [4.78, 5) is 16.8. The van der Waals surface area contributed by atoms with E-state index >= 15 is 0 Å². The van der Waals surface area contributed by atoms with E-state index in [9.17, 15) is 4.79 Å². The average molecular weight is 558 g/mol. The molecule has 0 saturated heterocycles. The highest BCUT2D eigenvalue weighted by atomic mass is 79.9. The lowest BCUT2D eigenvalue weighted by Gasteiger charge is -2.12.